The highest BCUT2D eigenvalue weighted by atomic mass is 35.5. The van der Waals surface area contributed by atoms with Crippen LogP contribution in [0.15, 0.2) is 18.2 Å². The van der Waals surface area contributed by atoms with Crippen molar-refractivity contribution in [3.8, 4) is 0 Å². The third-order valence-corrected chi connectivity index (χ3v) is 3.33. The Morgan fingerprint density at radius 3 is 2.65 bits per heavy atom. The fraction of sp³-hybridized carbons (Fsp3) is 0.200. The molecule has 7 heteroatoms. The van der Waals surface area contributed by atoms with Crippen molar-refractivity contribution in [2.24, 2.45) is 0 Å². The Bertz CT molecular complexity index is 453. The van der Waals surface area contributed by atoms with Gasteiger partial charge in [0.1, 0.15) is 5.75 Å². The number of aliphatic carboxylic acids is 1. The number of carbonyl (C=O) groups is 2. The van der Waals surface area contributed by atoms with Crippen LogP contribution in [0.4, 0.5) is 10.5 Å². The zero-order valence-electron chi connectivity index (χ0n) is 8.81. The van der Waals surface area contributed by atoms with Crippen molar-refractivity contribution in [3.05, 3.63) is 28.2 Å². The summed E-state index contributed by atoms with van der Waals surface area (Å²) in [6.45, 7) is 0. The Kier molecular flexibility index (Phi) is 5.11. The quantitative estimate of drug-likeness (QED) is 0.928. The number of hydrogen-bond acceptors (Lipinski definition) is 3. The predicted octanol–water partition coefficient (Wildman–Crippen LogP) is 3.37. The molecule has 1 N–H and O–H groups in total. The van der Waals surface area contributed by atoms with Crippen LogP contribution in [0.5, 0.6) is 0 Å². The molecule has 0 aromatic heterocycles. The summed E-state index contributed by atoms with van der Waals surface area (Å²) in [7, 11) is 1.51. The maximum absolute atomic E-state index is 11.6. The number of hydrogen-bond donors (Lipinski definition) is 1. The van der Waals surface area contributed by atoms with Gasteiger partial charge in [0.15, 0.2) is 0 Å². The van der Waals surface area contributed by atoms with Crippen molar-refractivity contribution in [2.75, 3.05) is 17.7 Å². The molecule has 0 aliphatic heterocycles. The van der Waals surface area contributed by atoms with E-state index in [-0.39, 0.29) is 5.75 Å². The lowest BCUT2D eigenvalue weighted by atomic mass is 10.3. The van der Waals surface area contributed by atoms with Crippen LogP contribution in [0, 0.1) is 0 Å². The maximum atomic E-state index is 11.6. The van der Waals surface area contributed by atoms with E-state index in [2.05, 4.69) is 0 Å². The van der Waals surface area contributed by atoms with Gasteiger partial charge in [-0.15, -0.1) is 0 Å². The molecule has 0 atom stereocenters. The lowest BCUT2D eigenvalue weighted by Gasteiger charge is -2.17. The van der Waals surface area contributed by atoms with Crippen molar-refractivity contribution in [1.82, 2.24) is 0 Å². The molecule has 0 bridgehead atoms. The zero-order chi connectivity index (χ0) is 13.0. The second kappa shape index (κ2) is 6.14. The first-order chi connectivity index (χ1) is 7.91. The summed E-state index contributed by atoms with van der Waals surface area (Å²) in [5.74, 6) is -1.34. The Morgan fingerprint density at radius 2 is 2.06 bits per heavy atom. The summed E-state index contributed by atoms with van der Waals surface area (Å²) in [6.07, 6.45) is 0. The standard InChI is InChI=1S/C10H9Cl2NO3S/c1-13(10(16)17-5-9(14)15)8-4-6(11)2-3-7(8)12/h2-4H,5H2,1H3,(H,14,15). The molecule has 17 heavy (non-hydrogen) atoms. The SMILES string of the molecule is CN(C(=O)SCC(=O)O)c1cc(Cl)ccc1Cl. The molecule has 0 unspecified atom stereocenters. The smallest absolute Gasteiger partial charge is 0.314 e. The van der Waals surface area contributed by atoms with Gasteiger partial charge in [-0.05, 0) is 18.2 Å². The third-order valence-electron chi connectivity index (χ3n) is 1.86. The normalized spacial score (nSPS) is 10.1. The van der Waals surface area contributed by atoms with Gasteiger partial charge in [0.2, 0.25) is 0 Å². The average Bonchev–Trinajstić information content (AvgIpc) is 2.28. The van der Waals surface area contributed by atoms with E-state index in [0.717, 1.165) is 0 Å². The number of nitrogens with zero attached hydrogens (tertiary/aromatic N) is 1. The minimum atomic E-state index is -1.05. The topological polar surface area (TPSA) is 57.6 Å². The molecule has 0 heterocycles. The Balaban J connectivity index is 2.81. The van der Waals surface area contributed by atoms with Gasteiger partial charge in [-0.1, -0.05) is 35.0 Å². The molecule has 1 rings (SSSR count). The molecular weight excluding hydrogens is 285 g/mol. The molecule has 0 aliphatic carbocycles. The Morgan fingerprint density at radius 1 is 1.41 bits per heavy atom. The molecule has 0 saturated heterocycles. The number of anilines is 1. The summed E-state index contributed by atoms with van der Waals surface area (Å²) in [5, 5.41) is 8.90. The fourth-order valence-corrected chi connectivity index (χ4v) is 2.01. The van der Waals surface area contributed by atoms with E-state index in [4.69, 9.17) is 28.3 Å². The first-order valence-electron chi connectivity index (χ1n) is 4.49. The molecule has 1 amide bonds. The molecular formula is C10H9Cl2NO3S. The van der Waals surface area contributed by atoms with Crippen LogP contribution in [-0.4, -0.2) is 29.1 Å². The molecule has 4 nitrogen and oxygen atoms in total. The molecule has 1 aromatic rings. The van der Waals surface area contributed by atoms with Gasteiger partial charge in [-0.3, -0.25) is 9.59 Å². The van der Waals surface area contributed by atoms with Crippen molar-refractivity contribution in [3.63, 3.8) is 0 Å². The lowest BCUT2D eigenvalue weighted by molar-refractivity contribution is -0.133. The van der Waals surface area contributed by atoms with E-state index in [9.17, 15) is 9.59 Å². The van der Waals surface area contributed by atoms with Crippen molar-refractivity contribution in [2.45, 2.75) is 0 Å². The van der Waals surface area contributed by atoms with E-state index in [1.807, 2.05) is 0 Å². The summed E-state index contributed by atoms with van der Waals surface area (Å²) in [4.78, 5) is 23.2. The Hall–Kier alpha value is -0.910. The van der Waals surface area contributed by atoms with Crippen LogP contribution >= 0.6 is 35.0 Å². The number of rotatable bonds is 3. The summed E-state index contributed by atoms with van der Waals surface area (Å²) in [5.41, 5.74) is 0.446. The van der Waals surface area contributed by atoms with Gasteiger partial charge < -0.3 is 10.0 Å². The lowest BCUT2D eigenvalue weighted by Crippen LogP contribution is -2.23. The highest BCUT2D eigenvalue weighted by Crippen LogP contribution is 2.29. The van der Waals surface area contributed by atoms with E-state index < -0.39 is 11.2 Å². The van der Waals surface area contributed by atoms with Gasteiger partial charge in [0.05, 0.1) is 10.7 Å². The number of carboxylic acid groups (broad SMARTS) is 1. The largest absolute Gasteiger partial charge is 0.481 e. The van der Waals surface area contributed by atoms with Crippen LogP contribution in [0.25, 0.3) is 0 Å². The molecule has 0 spiro atoms. The van der Waals surface area contributed by atoms with Crippen LogP contribution in [0.3, 0.4) is 0 Å². The number of thioether (sulfide) groups is 1. The molecule has 0 radical (unpaired) electrons. The van der Waals surface area contributed by atoms with Gasteiger partial charge in [-0.2, -0.15) is 0 Å². The summed E-state index contributed by atoms with van der Waals surface area (Å²) >= 11 is 12.4. The van der Waals surface area contributed by atoms with Crippen molar-refractivity contribution < 1.29 is 14.7 Å². The highest BCUT2D eigenvalue weighted by molar-refractivity contribution is 8.14. The zero-order valence-corrected chi connectivity index (χ0v) is 11.1. The highest BCUT2D eigenvalue weighted by Gasteiger charge is 2.16. The van der Waals surface area contributed by atoms with Crippen LogP contribution in [0.2, 0.25) is 10.0 Å². The van der Waals surface area contributed by atoms with E-state index >= 15 is 0 Å². The van der Waals surface area contributed by atoms with Crippen LogP contribution in [0.1, 0.15) is 0 Å². The predicted molar refractivity (Wildman–Crippen MR) is 70.4 cm³/mol. The minimum absolute atomic E-state index is 0.290. The number of halogens is 2. The van der Waals surface area contributed by atoms with Crippen molar-refractivity contribution >= 4 is 51.9 Å². The van der Waals surface area contributed by atoms with E-state index in [0.29, 0.717) is 27.5 Å². The summed E-state index contributed by atoms with van der Waals surface area (Å²) in [6, 6.07) is 4.73. The monoisotopic (exact) mass is 293 g/mol. The van der Waals surface area contributed by atoms with Gasteiger partial charge in [0.25, 0.3) is 5.24 Å². The summed E-state index contributed by atoms with van der Waals surface area (Å²) < 4.78 is 0. The minimum Gasteiger partial charge on any atom is -0.481 e. The van der Waals surface area contributed by atoms with Crippen molar-refractivity contribution in [1.29, 1.82) is 0 Å². The van der Waals surface area contributed by atoms with Crippen LogP contribution in [-0.2, 0) is 4.79 Å². The van der Waals surface area contributed by atoms with Crippen LogP contribution < -0.4 is 4.90 Å². The van der Waals surface area contributed by atoms with E-state index in [1.54, 1.807) is 18.2 Å². The molecule has 0 saturated carbocycles. The number of benzene rings is 1. The number of carboxylic acids is 1. The number of amides is 1. The fourth-order valence-electron chi connectivity index (χ4n) is 1.06. The molecule has 0 aliphatic rings. The molecule has 1 aromatic carbocycles. The second-order valence-electron chi connectivity index (χ2n) is 3.10. The number of carbonyl (C=O) groups excluding carboxylic acids is 1. The third kappa shape index (κ3) is 4.11. The second-order valence-corrected chi connectivity index (χ2v) is 4.87. The first-order valence-corrected chi connectivity index (χ1v) is 6.23. The van der Waals surface area contributed by atoms with Gasteiger partial charge >= 0.3 is 5.97 Å². The Labute approximate surface area is 112 Å². The maximum Gasteiger partial charge on any atom is 0.314 e. The van der Waals surface area contributed by atoms with Gasteiger partial charge in [0, 0.05) is 12.1 Å². The first kappa shape index (κ1) is 14.2. The molecule has 0 fully saturated rings. The van der Waals surface area contributed by atoms with E-state index in [1.165, 1.54) is 11.9 Å². The average molecular weight is 294 g/mol. The molecule has 92 valence electrons. The van der Waals surface area contributed by atoms with Gasteiger partial charge in [-0.25, -0.2) is 0 Å².